The lowest BCUT2D eigenvalue weighted by Gasteiger charge is -2.03. The Morgan fingerprint density at radius 1 is 1.55 bits per heavy atom. The average Bonchev–Trinajstić information content (AvgIpc) is 3.12. The van der Waals surface area contributed by atoms with Gasteiger partial charge in [0.2, 0.25) is 5.91 Å². The Balaban J connectivity index is 1.74. The summed E-state index contributed by atoms with van der Waals surface area (Å²) in [6, 6.07) is 1.91. The van der Waals surface area contributed by atoms with Crippen molar-refractivity contribution in [2.45, 2.75) is 19.5 Å². The van der Waals surface area contributed by atoms with E-state index in [1.807, 2.05) is 11.4 Å². The molecule has 2 aromatic heterocycles. The molecule has 1 amide bonds. The molecule has 2 rings (SSSR count). The fraction of sp³-hybridized carbons (Fsp3) is 0.308. The van der Waals surface area contributed by atoms with Crippen LogP contribution in [0.3, 0.4) is 0 Å². The van der Waals surface area contributed by atoms with Gasteiger partial charge in [0, 0.05) is 22.2 Å². The van der Waals surface area contributed by atoms with Crippen molar-refractivity contribution in [3.63, 3.8) is 0 Å². The van der Waals surface area contributed by atoms with E-state index >= 15 is 0 Å². The number of thiophene rings is 1. The van der Waals surface area contributed by atoms with Crippen molar-refractivity contribution in [2.75, 3.05) is 6.61 Å². The molecule has 20 heavy (non-hydrogen) atoms. The second-order valence-electron chi connectivity index (χ2n) is 3.95. The third-order valence-electron chi connectivity index (χ3n) is 2.46. The molecule has 2 heterocycles. The maximum atomic E-state index is 11.7. The van der Waals surface area contributed by atoms with Crippen LogP contribution in [0.15, 0.2) is 24.1 Å². The average molecular weight is 290 g/mol. The van der Waals surface area contributed by atoms with Crippen LogP contribution in [0.5, 0.6) is 0 Å². The molecule has 0 aliphatic rings. The Labute approximate surface area is 120 Å². The monoisotopic (exact) mass is 290 g/mol. The molecule has 0 bridgehead atoms. The summed E-state index contributed by atoms with van der Waals surface area (Å²) in [5.74, 6) is 5.38. The van der Waals surface area contributed by atoms with Crippen LogP contribution in [0.4, 0.5) is 0 Å². The van der Waals surface area contributed by atoms with Gasteiger partial charge in [0.05, 0.1) is 13.1 Å². The molecule has 6 nitrogen and oxygen atoms in total. The lowest BCUT2D eigenvalue weighted by atomic mass is 10.3. The van der Waals surface area contributed by atoms with Crippen LogP contribution in [-0.2, 0) is 17.9 Å². The number of aliphatic hydroxyl groups excluding tert-OH is 1. The van der Waals surface area contributed by atoms with Gasteiger partial charge in [0.25, 0.3) is 0 Å². The van der Waals surface area contributed by atoms with E-state index in [9.17, 15) is 4.79 Å². The van der Waals surface area contributed by atoms with Gasteiger partial charge >= 0.3 is 0 Å². The molecule has 2 aromatic rings. The van der Waals surface area contributed by atoms with Crippen LogP contribution in [0.25, 0.3) is 0 Å². The van der Waals surface area contributed by atoms with Gasteiger partial charge in [0.15, 0.2) is 0 Å². The normalized spacial score (nSPS) is 9.85. The molecule has 0 aliphatic carbocycles. The Kier molecular flexibility index (Phi) is 5.29. The second kappa shape index (κ2) is 7.43. The molecule has 0 saturated carbocycles. The fourth-order valence-electron chi connectivity index (χ4n) is 1.52. The first kappa shape index (κ1) is 14.2. The zero-order valence-electron chi connectivity index (χ0n) is 10.7. The van der Waals surface area contributed by atoms with Crippen LogP contribution in [0.1, 0.15) is 16.9 Å². The van der Waals surface area contributed by atoms with Crippen LogP contribution >= 0.6 is 11.3 Å². The third-order valence-corrected chi connectivity index (χ3v) is 3.40. The smallest absolute Gasteiger partial charge is 0.222 e. The number of carbonyl (C=O) groups is 1. The van der Waals surface area contributed by atoms with Crippen molar-refractivity contribution in [3.8, 4) is 11.8 Å². The highest BCUT2D eigenvalue weighted by atomic mass is 32.1. The summed E-state index contributed by atoms with van der Waals surface area (Å²) >= 11 is 1.53. The summed E-state index contributed by atoms with van der Waals surface area (Å²) in [6.07, 6.45) is 3.39. The van der Waals surface area contributed by atoms with E-state index in [4.69, 9.17) is 5.11 Å². The van der Waals surface area contributed by atoms with Crippen LogP contribution in [0, 0.1) is 11.8 Å². The molecule has 0 fully saturated rings. The Morgan fingerprint density at radius 3 is 3.20 bits per heavy atom. The number of aliphatic hydroxyl groups is 1. The number of amides is 1. The van der Waals surface area contributed by atoms with Crippen LogP contribution < -0.4 is 5.32 Å². The summed E-state index contributed by atoms with van der Waals surface area (Å²) in [4.78, 5) is 16.5. The summed E-state index contributed by atoms with van der Waals surface area (Å²) in [7, 11) is 0. The van der Waals surface area contributed by atoms with E-state index in [1.165, 1.54) is 17.7 Å². The maximum Gasteiger partial charge on any atom is 0.222 e. The Morgan fingerprint density at radius 2 is 2.45 bits per heavy atom. The van der Waals surface area contributed by atoms with Crippen molar-refractivity contribution in [1.82, 2.24) is 20.1 Å². The largest absolute Gasteiger partial charge is 0.384 e. The van der Waals surface area contributed by atoms with Gasteiger partial charge in [0.1, 0.15) is 19.3 Å². The van der Waals surface area contributed by atoms with Gasteiger partial charge < -0.3 is 10.4 Å². The highest BCUT2D eigenvalue weighted by Gasteiger charge is 2.04. The summed E-state index contributed by atoms with van der Waals surface area (Å²) in [6.45, 7) is 0.857. The van der Waals surface area contributed by atoms with Gasteiger partial charge in [-0.25, -0.2) is 4.98 Å². The molecule has 0 aromatic carbocycles. The minimum Gasteiger partial charge on any atom is -0.384 e. The highest BCUT2D eigenvalue weighted by molar-refractivity contribution is 7.10. The molecule has 2 N–H and O–H groups in total. The lowest BCUT2D eigenvalue weighted by molar-refractivity contribution is -0.121. The fourth-order valence-corrected chi connectivity index (χ4v) is 2.27. The van der Waals surface area contributed by atoms with E-state index in [2.05, 4.69) is 27.2 Å². The van der Waals surface area contributed by atoms with E-state index in [0.29, 0.717) is 19.5 Å². The third kappa shape index (κ3) is 4.50. The van der Waals surface area contributed by atoms with Crippen LogP contribution in [-0.4, -0.2) is 32.4 Å². The maximum absolute atomic E-state index is 11.7. The topological polar surface area (TPSA) is 80.0 Å². The molecular formula is C13H14N4O2S. The molecule has 0 radical (unpaired) electrons. The van der Waals surface area contributed by atoms with Crippen LogP contribution in [0.2, 0.25) is 0 Å². The van der Waals surface area contributed by atoms with Gasteiger partial charge in [-0.2, -0.15) is 5.10 Å². The number of nitrogens with one attached hydrogen (secondary N) is 1. The first-order chi connectivity index (χ1) is 9.78. The zero-order valence-corrected chi connectivity index (χ0v) is 11.6. The SMILES string of the molecule is O=C(CCn1cncn1)NCc1cc(C#CCO)cs1. The van der Waals surface area contributed by atoms with Gasteiger partial charge in [-0.05, 0) is 6.07 Å². The number of aryl methyl sites for hydroxylation is 1. The number of nitrogens with zero attached hydrogens (tertiary/aromatic N) is 3. The summed E-state index contributed by atoms with van der Waals surface area (Å²) < 4.78 is 1.62. The second-order valence-corrected chi connectivity index (χ2v) is 4.94. The number of hydrogen-bond donors (Lipinski definition) is 2. The number of carbonyl (C=O) groups excluding carboxylic acids is 1. The minimum atomic E-state index is -0.149. The number of rotatable bonds is 5. The summed E-state index contributed by atoms with van der Waals surface area (Å²) in [5.41, 5.74) is 0.857. The molecule has 0 aliphatic heterocycles. The summed E-state index contributed by atoms with van der Waals surface area (Å²) in [5, 5.41) is 17.3. The van der Waals surface area contributed by atoms with Crippen molar-refractivity contribution in [3.05, 3.63) is 34.5 Å². The van der Waals surface area contributed by atoms with E-state index in [-0.39, 0.29) is 12.5 Å². The molecule has 0 spiro atoms. The van der Waals surface area contributed by atoms with Gasteiger partial charge in [-0.15, -0.1) is 11.3 Å². The standard InChI is InChI=1S/C13H14N4O2S/c18-5-1-2-11-6-12(20-8-11)7-15-13(19)3-4-17-10-14-9-16-17/h6,8-10,18H,3-5,7H2,(H,15,19). The lowest BCUT2D eigenvalue weighted by Crippen LogP contribution is -2.23. The number of aromatic nitrogens is 3. The molecule has 0 unspecified atom stereocenters. The highest BCUT2D eigenvalue weighted by Crippen LogP contribution is 2.13. The van der Waals surface area contributed by atoms with Gasteiger partial charge in [-0.1, -0.05) is 11.8 Å². The van der Waals surface area contributed by atoms with Crippen molar-refractivity contribution >= 4 is 17.2 Å². The first-order valence-electron chi connectivity index (χ1n) is 6.04. The van der Waals surface area contributed by atoms with E-state index < -0.39 is 0 Å². The Bertz CT molecular complexity index is 610. The molecule has 7 heteroatoms. The van der Waals surface area contributed by atoms with Gasteiger partial charge in [-0.3, -0.25) is 9.48 Å². The molecular weight excluding hydrogens is 276 g/mol. The number of hydrogen-bond acceptors (Lipinski definition) is 5. The Hall–Kier alpha value is -2.17. The van der Waals surface area contributed by atoms with E-state index in [0.717, 1.165) is 10.4 Å². The van der Waals surface area contributed by atoms with E-state index in [1.54, 1.807) is 11.0 Å². The molecule has 0 saturated heterocycles. The minimum absolute atomic E-state index is 0.0307. The zero-order chi connectivity index (χ0) is 14.2. The van der Waals surface area contributed by atoms with Crippen molar-refractivity contribution < 1.29 is 9.90 Å². The predicted molar refractivity (Wildman–Crippen MR) is 74.8 cm³/mol. The first-order valence-corrected chi connectivity index (χ1v) is 6.92. The predicted octanol–water partition coefficient (Wildman–Crippen LogP) is 0.390. The van der Waals surface area contributed by atoms with Crippen molar-refractivity contribution in [2.24, 2.45) is 0 Å². The molecule has 0 atom stereocenters. The molecule has 104 valence electrons. The van der Waals surface area contributed by atoms with Crippen molar-refractivity contribution in [1.29, 1.82) is 0 Å². The quantitative estimate of drug-likeness (QED) is 0.781.